The van der Waals surface area contributed by atoms with Crippen molar-refractivity contribution in [1.82, 2.24) is 4.90 Å². The van der Waals surface area contributed by atoms with Gasteiger partial charge in [0.25, 0.3) is 0 Å². The lowest BCUT2D eigenvalue weighted by Crippen LogP contribution is -2.18. The Balaban J connectivity index is 1.49. The summed E-state index contributed by atoms with van der Waals surface area (Å²) in [6.07, 6.45) is 3.56. The highest BCUT2D eigenvalue weighted by atomic mass is 16.5. The van der Waals surface area contributed by atoms with Crippen LogP contribution in [-0.4, -0.2) is 24.6 Å². The fraction of sp³-hybridized carbons (Fsp3) is 0.300. The lowest BCUT2D eigenvalue weighted by atomic mass is 10.0. The third-order valence-electron chi connectivity index (χ3n) is 4.10. The van der Waals surface area contributed by atoms with E-state index in [4.69, 9.17) is 10.00 Å². The van der Waals surface area contributed by atoms with Gasteiger partial charge in [-0.1, -0.05) is 24.3 Å². The first-order chi connectivity index (χ1) is 11.3. The molecule has 1 fully saturated rings. The first kappa shape index (κ1) is 15.6. The largest absolute Gasteiger partial charge is 0.494 e. The summed E-state index contributed by atoms with van der Waals surface area (Å²) in [5.74, 6) is 0.910. The summed E-state index contributed by atoms with van der Waals surface area (Å²) in [6, 6.07) is 17.9. The Morgan fingerprint density at radius 3 is 2.30 bits per heavy atom. The van der Waals surface area contributed by atoms with Gasteiger partial charge in [-0.25, -0.2) is 0 Å². The minimum atomic E-state index is 0.684. The van der Waals surface area contributed by atoms with Gasteiger partial charge in [-0.3, -0.25) is 4.90 Å². The summed E-state index contributed by atoms with van der Waals surface area (Å²) in [4.78, 5) is 2.39. The van der Waals surface area contributed by atoms with Crippen molar-refractivity contribution in [2.45, 2.75) is 19.3 Å². The molecule has 2 aromatic rings. The second-order valence-corrected chi connectivity index (χ2v) is 5.78. The molecule has 1 radical (unpaired) electrons. The van der Waals surface area contributed by atoms with Crippen LogP contribution in [0.15, 0.2) is 48.5 Å². The van der Waals surface area contributed by atoms with E-state index in [-0.39, 0.29) is 0 Å². The molecule has 0 atom stereocenters. The Labute approximate surface area is 138 Å². The molecule has 2 aromatic carbocycles. The molecule has 0 aliphatic carbocycles. The molecule has 0 spiro atoms. The van der Waals surface area contributed by atoms with Crippen molar-refractivity contribution in [3.05, 3.63) is 60.6 Å². The van der Waals surface area contributed by atoms with Gasteiger partial charge in [-0.05, 0) is 61.2 Å². The average molecular weight is 305 g/mol. The first-order valence-electron chi connectivity index (χ1n) is 8.16. The number of hydrogen-bond acceptors (Lipinski definition) is 3. The number of hydrogen-bond donors (Lipinski definition) is 0. The average Bonchev–Trinajstić information content (AvgIpc) is 3.13. The van der Waals surface area contributed by atoms with Gasteiger partial charge in [0.1, 0.15) is 5.75 Å². The van der Waals surface area contributed by atoms with Gasteiger partial charge >= 0.3 is 0 Å². The van der Waals surface area contributed by atoms with Crippen LogP contribution in [0.3, 0.4) is 0 Å². The highest BCUT2D eigenvalue weighted by molar-refractivity contribution is 5.64. The minimum Gasteiger partial charge on any atom is -0.494 e. The zero-order valence-corrected chi connectivity index (χ0v) is 13.2. The number of benzene rings is 2. The van der Waals surface area contributed by atoms with Gasteiger partial charge in [-0.2, -0.15) is 5.26 Å². The van der Waals surface area contributed by atoms with Gasteiger partial charge in [0.15, 0.2) is 0 Å². The smallest absolute Gasteiger partial charge is 0.119 e. The second-order valence-electron chi connectivity index (χ2n) is 5.78. The zero-order chi connectivity index (χ0) is 15.9. The number of rotatable bonds is 6. The molecule has 3 nitrogen and oxygen atoms in total. The summed E-state index contributed by atoms with van der Waals surface area (Å²) >= 11 is 0. The van der Waals surface area contributed by atoms with Crippen LogP contribution < -0.4 is 4.74 Å². The Morgan fingerprint density at radius 2 is 1.70 bits per heavy atom. The predicted molar refractivity (Wildman–Crippen MR) is 91.8 cm³/mol. The van der Waals surface area contributed by atoms with Crippen LogP contribution in [0.5, 0.6) is 5.75 Å². The van der Waals surface area contributed by atoms with Crippen LogP contribution in [0.4, 0.5) is 0 Å². The third kappa shape index (κ3) is 4.34. The SMILES string of the molecule is N#Cc1ccc(-c2ccc(OCCCN3[CH]CCC3)cc2)cc1. The number of likely N-dealkylation sites (tertiary alicyclic amines) is 1. The maximum atomic E-state index is 8.84. The number of nitriles is 1. The molecule has 0 bridgehead atoms. The summed E-state index contributed by atoms with van der Waals surface area (Å²) in [5.41, 5.74) is 2.93. The van der Waals surface area contributed by atoms with Crippen molar-refractivity contribution >= 4 is 0 Å². The standard InChI is InChI=1S/C20H21N2O/c21-16-17-4-6-18(7-5-17)19-8-10-20(11-9-19)23-15-3-14-22-12-1-2-13-22/h4-12H,1-3,13-15H2. The molecule has 1 heterocycles. The molecule has 0 saturated carbocycles. The summed E-state index contributed by atoms with van der Waals surface area (Å²) in [7, 11) is 0. The lowest BCUT2D eigenvalue weighted by molar-refractivity contribution is 0.277. The molecule has 1 saturated heterocycles. The van der Waals surface area contributed by atoms with Crippen molar-refractivity contribution in [3.63, 3.8) is 0 Å². The van der Waals surface area contributed by atoms with Crippen LogP contribution in [0.2, 0.25) is 0 Å². The van der Waals surface area contributed by atoms with Crippen molar-refractivity contribution in [2.75, 3.05) is 19.7 Å². The molecule has 3 heteroatoms. The molecular weight excluding hydrogens is 284 g/mol. The molecule has 0 aromatic heterocycles. The summed E-state index contributed by atoms with van der Waals surface area (Å²) < 4.78 is 5.81. The van der Waals surface area contributed by atoms with Gasteiger partial charge < -0.3 is 4.74 Å². The van der Waals surface area contributed by atoms with Gasteiger partial charge in [0, 0.05) is 13.1 Å². The number of ether oxygens (including phenoxy) is 1. The Kier molecular flexibility index (Phi) is 5.29. The van der Waals surface area contributed by atoms with Crippen LogP contribution in [0.25, 0.3) is 11.1 Å². The van der Waals surface area contributed by atoms with Gasteiger partial charge in [0.05, 0.1) is 18.2 Å². The zero-order valence-electron chi connectivity index (χ0n) is 13.2. The monoisotopic (exact) mass is 305 g/mol. The Hall–Kier alpha value is -2.31. The Bertz CT molecular complexity index is 650. The van der Waals surface area contributed by atoms with Crippen molar-refractivity contribution in [3.8, 4) is 22.9 Å². The van der Waals surface area contributed by atoms with Crippen molar-refractivity contribution < 1.29 is 4.74 Å². The van der Waals surface area contributed by atoms with Gasteiger partial charge in [-0.15, -0.1) is 0 Å². The molecular formula is C20H21N2O. The lowest BCUT2D eigenvalue weighted by Gasteiger charge is -2.14. The van der Waals surface area contributed by atoms with E-state index in [1.807, 2.05) is 36.4 Å². The van der Waals surface area contributed by atoms with Crippen molar-refractivity contribution in [1.29, 1.82) is 5.26 Å². The maximum absolute atomic E-state index is 8.84. The van der Waals surface area contributed by atoms with E-state index in [1.54, 1.807) is 0 Å². The normalized spacial score (nSPS) is 14.6. The van der Waals surface area contributed by atoms with E-state index >= 15 is 0 Å². The molecule has 3 rings (SSSR count). The van der Waals surface area contributed by atoms with E-state index < -0.39 is 0 Å². The van der Waals surface area contributed by atoms with E-state index in [2.05, 4.69) is 29.6 Å². The molecule has 0 N–H and O–H groups in total. The van der Waals surface area contributed by atoms with Gasteiger partial charge in [0.2, 0.25) is 0 Å². The number of nitrogens with zero attached hydrogens (tertiary/aromatic N) is 2. The quantitative estimate of drug-likeness (QED) is 0.748. The van der Waals surface area contributed by atoms with Crippen molar-refractivity contribution in [2.24, 2.45) is 0 Å². The van der Waals surface area contributed by atoms with Crippen LogP contribution in [-0.2, 0) is 0 Å². The predicted octanol–water partition coefficient (Wildman–Crippen LogP) is 4.25. The summed E-state index contributed by atoms with van der Waals surface area (Å²) in [6.45, 7) is 5.33. The van der Waals surface area contributed by atoms with Crippen LogP contribution >= 0.6 is 0 Å². The fourth-order valence-corrected chi connectivity index (χ4v) is 2.80. The first-order valence-corrected chi connectivity index (χ1v) is 8.16. The maximum Gasteiger partial charge on any atom is 0.119 e. The van der Waals surface area contributed by atoms with E-state index in [0.29, 0.717) is 5.56 Å². The Morgan fingerprint density at radius 1 is 1.00 bits per heavy atom. The highest BCUT2D eigenvalue weighted by Crippen LogP contribution is 2.23. The minimum absolute atomic E-state index is 0.684. The molecule has 23 heavy (non-hydrogen) atoms. The molecule has 117 valence electrons. The van der Waals surface area contributed by atoms with E-state index in [9.17, 15) is 0 Å². The van der Waals surface area contributed by atoms with E-state index in [1.165, 1.54) is 19.4 Å². The van der Waals surface area contributed by atoms with Crippen LogP contribution in [0, 0.1) is 17.9 Å². The third-order valence-corrected chi connectivity index (χ3v) is 4.10. The highest BCUT2D eigenvalue weighted by Gasteiger charge is 2.10. The molecule has 0 amide bonds. The summed E-state index contributed by atoms with van der Waals surface area (Å²) in [5, 5.41) is 8.84. The molecule has 1 aliphatic heterocycles. The topological polar surface area (TPSA) is 36.3 Å². The second kappa shape index (κ2) is 7.80. The molecule has 0 unspecified atom stereocenters. The molecule has 1 aliphatic rings. The van der Waals surface area contributed by atoms with E-state index in [0.717, 1.165) is 36.4 Å². The fourth-order valence-electron chi connectivity index (χ4n) is 2.80. The van der Waals surface area contributed by atoms with Crippen LogP contribution in [0.1, 0.15) is 24.8 Å².